The van der Waals surface area contributed by atoms with Crippen molar-refractivity contribution in [3.05, 3.63) is 65.4 Å². The van der Waals surface area contributed by atoms with E-state index in [1.165, 1.54) is 24.5 Å². The van der Waals surface area contributed by atoms with Gasteiger partial charge in [-0.3, -0.25) is 4.79 Å². The molecule has 0 unspecified atom stereocenters. The van der Waals surface area contributed by atoms with Crippen molar-refractivity contribution in [2.75, 3.05) is 11.9 Å². The largest absolute Gasteiger partial charge is 0.464 e. The topological polar surface area (TPSA) is 124 Å². The molecule has 0 saturated heterocycles. The maximum absolute atomic E-state index is 12.4. The number of nitrogens with zero attached hydrogens (tertiary/aromatic N) is 2. The van der Waals surface area contributed by atoms with Gasteiger partial charge in [-0.15, -0.1) is 0 Å². The molecule has 8 nitrogen and oxygen atoms in total. The molecule has 2 aromatic carbocycles. The monoisotopic (exact) mass is 446 g/mol. The van der Waals surface area contributed by atoms with Gasteiger partial charge in [0.15, 0.2) is 0 Å². The number of benzene rings is 2. The van der Waals surface area contributed by atoms with Crippen LogP contribution in [0.25, 0.3) is 11.1 Å². The maximum Gasteiger partial charge on any atom is 0.316 e. The molecule has 0 fully saturated rings. The number of halogens is 1. The number of carbonyl (C=O) groups is 1. The van der Waals surface area contributed by atoms with Crippen molar-refractivity contribution in [2.24, 2.45) is 5.14 Å². The smallest absolute Gasteiger partial charge is 0.316 e. The Morgan fingerprint density at radius 1 is 1.17 bits per heavy atom. The fourth-order valence-electron chi connectivity index (χ4n) is 2.75. The van der Waals surface area contributed by atoms with Crippen molar-refractivity contribution in [1.29, 1.82) is 0 Å². The van der Waals surface area contributed by atoms with Gasteiger partial charge in [-0.05, 0) is 30.7 Å². The molecule has 0 aliphatic rings. The molecule has 3 N–H and O–H groups in total. The summed E-state index contributed by atoms with van der Waals surface area (Å²) in [5.74, 6) is -0.347. The summed E-state index contributed by atoms with van der Waals surface area (Å²) in [5, 5.41) is 8.53. The number of ether oxygens (including phenoxy) is 1. The van der Waals surface area contributed by atoms with Gasteiger partial charge in [0.05, 0.1) is 17.9 Å². The molecule has 0 radical (unpaired) electrons. The summed E-state index contributed by atoms with van der Waals surface area (Å²) in [4.78, 5) is 20.3. The van der Waals surface area contributed by atoms with Gasteiger partial charge >= 0.3 is 6.01 Å². The van der Waals surface area contributed by atoms with Crippen LogP contribution < -0.4 is 15.2 Å². The van der Waals surface area contributed by atoms with E-state index in [4.69, 9.17) is 21.5 Å². The predicted octanol–water partition coefficient (Wildman–Crippen LogP) is 3.02. The lowest BCUT2D eigenvalue weighted by Gasteiger charge is -2.12. The highest BCUT2D eigenvalue weighted by molar-refractivity contribution is 7.89. The van der Waals surface area contributed by atoms with Crippen LogP contribution in [0, 0.1) is 0 Å². The van der Waals surface area contributed by atoms with Gasteiger partial charge < -0.3 is 10.1 Å². The Bertz CT molecular complexity index is 1170. The Balaban J connectivity index is 1.87. The minimum absolute atomic E-state index is 0.0405. The third-order valence-corrected chi connectivity index (χ3v) is 5.41. The van der Waals surface area contributed by atoms with Crippen LogP contribution in [-0.2, 0) is 21.2 Å². The number of primary sulfonamides is 1. The highest BCUT2D eigenvalue weighted by Gasteiger charge is 2.18. The maximum atomic E-state index is 12.4. The van der Waals surface area contributed by atoms with Gasteiger partial charge in [0, 0.05) is 34.2 Å². The molecule has 0 atom stereocenters. The summed E-state index contributed by atoms with van der Waals surface area (Å²) in [6.45, 7) is 2.21. The Morgan fingerprint density at radius 2 is 1.87 bits per heavy atom. The Kier molecular flexibility index (Phi) is 6.66. The molecular formula is C20H19ClN4O4S. The van der Waals surface area contributed by atoms with E-state index in [0.29, 0.717) is 28.3 Å². The van der Waals surface area contributed by atoms with Crippen molar-refractivity contribution in [3.8, 4) is 17.1 Å². The zero-order valence-electron chi connectivity index (χ0n) is 16.0. The van der Waals surface area contributed by atoms with Crippen LogP contribution in [0.15, 0.2) is 59.8 Å². The van der Waals surface area contributed by atoms with Gasteiger partial charge in [-0.1, -0.05) is 35.9 Å². The first-order chi connectivity index (χ1) is 14.3. The van der Waals surface area contributed by atoms with Crippen LogP contribution in [-0.4, -0.2) is 30.9 Å². The van der Waals surface area contributed by atoms with E-state index in [2.05, 4.69) is 15.3 Å². The number of amides is 1. The fourth-order valence-corrected chi connectivity index (χ4v) is 3.74. The summed E-state index contributed by atoms with van der Waals surface area (Å²) in [5.41, 5.74) is 1.69. The molecular weight excluding hydrogens is 428 g/mol. The third kappa shape index (κ3) is 5.32. The summed E-state index contributed by atoms with van der Waals surface area (Å²) in [6, 6.07) is 11.6. The van der Waals surface area contributed by atoms with Gasteiger partial charge in [0.25, 0.3) is 0 Å². The minimum atomic E-state index is -4.09. The molecule has 3 rings (SSSR count). The van der Waals surface area contributed by atoms with Crippen molar-refractivity contribution < 1.29 is 17.9 Å². The Hall–Kier alpha value is -3.01. The molecule has 156 valence electrons. The molecule has 0 spiro atoms. The normalized spacial score (nSPS) is 11.2. The first-order valence-electron chi connectivity index (χ1n) is 8.93. The number of rotatable bonds is 7. The van der Waals surface area contributed by atoms with E-state index in [1.54, 1.807) is 37.3 Å². The van der Waals surface area contributed by atoms with E-state index < -0.39 is 10.0 Å². The Labute approximate surface area is 179 Å². The van der Waals surface area contributed by atoms with Crippen LogP contribution in [0.3, 0.4) is 0 Å². The van der Waals surface area contributed by atoms with E-state index in [1.807, 2.05) is 0 Å². The van der Waals surface area contributed by atoms with Crippen LogP contribution in [0.1, 0.15) is 12.5 Å². The number of hydrogen-bond acceptors (Lipinski definition) is 6. The second kappa shape index (κ2) is 9.21. The molecule has 0 bridgehead atoms. The first-order valence-corrected chi connectivity index (χ1v) is 10.9. The molecule has 1 amide bonds. The standard InChI is InChI=1S/C20H19ClN4O4S/c1-2-29-20-23-11-14(12-24-20)16-8-7-15(10-18(16)30(22,27)28)25-19(26)9-13-5-3-4-6-17(13)21/h3-8,10-12H,2,9H2,1H3,(H,25,26)(H2,22,27,28). The Morgan fingerprint density at radius 3 is 2.50 bits per heavy atom. The van der Waals surface area contributed by atoms with Crippen LogP contribution in [0.4, 0.5) is 5.69 Å². The van der Waals surface area contributed by atoms with E-state index >= 15 is 0 Å². The molecule has 30 heavy (non-hydrogen) atoms. The van der Waals surface area contributed by atoms with Gasteiger partial charge in [0.1, 0.15) is 0 Å². The van der Waals surface area contributed by atoms with Crippen molar-refractivity contribution >= 4 is 33.2 Å². The number of aromatic nitrogens is 2. The number of nitrogens with one attached hydrogen (secondary N) is 1. The number of carbonyl (C=O) groups excluding carboxylic acids is 1. The molecule has 3 aromatic rings. The summed E-state index contributed by atoms with van der Waals surface area (Å²) >= 11 is 6.08. The fraction of sp³-hybridized carbons (Fsp3) is 0.150. The lowest BCUT2D eigenvalue weighted by Crippen LogP contribution is -2.17. The highest BCUT2D eigenvalue weighted by atomic mass is 35.5. The second-order valence-corrected chi connectivity index (χ2v) is 8.20. The molecule has 1 heterocycles. The van der Waals surface area contributed by atoms with Gasteiger partial charge in [0.2, 0.25) is 15.9 Å². The molecule has 1 aromatic heterocycles. The molecule has 10 heteroatoms. The molecule has 0 aliphatic carbocycles. The van der Waals surface area contributed by atoms with E-state index in [9.17, 15) is 13.2 Å². The van der Waals surface area contributed by atoms with Crippen LogP contribution in [0.5, 0.6) is 6.01 Å². The lowest BCUT2D eigenvalue weighted by atomic mass is 10.1. The van der Waals surface area contributed by atoms with Crippen molar-refractivity contribution in [3.63, 3.8) is 0 Å². The van der Waals surface area contributed by atoms with Crippen LogP contribution >= 0.6 is 11.6 Å². The zero-order valence-corrected chi connectivity index (χ0v) is 17.6. The van der Waals surface area contributed by atoms with Crippen molar-refractivity contribution in [1.82, 2.24) is 9.97 Å². The first kappa shape index (κ1) is 21.7. The number of nitrogens with two attached hydrogens (primary N) is 1. The number of hydrogen-bond donors (Lipinski definition) is 2. The second-order valence-electron chi connectivity index (χ2n) is 6.26. The quantitative estimate of drug-likeness (QED) is 0.574. The minimum Gasteiger partial charge on any atom is -0.464 e. The number of anilines is 1. The van der Waals surface area contributed by atoms with Crippen molar-refractivity contribution in [2.45, 2.75) is 18.2 Å². The molecule has 0 saturated carbocycles. The highest BCUT2D eigenvalue weighted by Crippen LogP contribution is 2.29. The number of sulfonamides is 1. The summed E-state index contributed by atoms with van der Waals surface area (Å²) in [6.07, 6.45) is 2.92. The summed E-state index contributed by atoms with van der Waals surface area (Å²) < 4.78 is 29.5. The third-order valence-electron chi connectivity index (χ3n) is 4.09. The lowest BCUT2D eigenvalue weighted by molar-refractivity contribution is -0.115. The average molecular weight is 447 g/mol. The average Bonchev–Trinajstić information content (AvgIpc) is 2.70. The summed E-state index contributed by atoms with van der Waals surface area (Å²) in [7, 11) is -4.09. The van der Waals surface area contributed by atoms with E-state index in [0.717, 1.165) is 0 Å². The van der Waals surface area contributed by atoms with Gasteiger partial charge in [-0.2, -0.15) is 0 Å². The van der Waals surface area contributed by atoms with E-state index in [-0.39, 0.29) is 28.9 Å². The van der Waals surface area contributed by atoms with Crippen LogP contribution in [0.2, 0.25) is 5.02 Å². The molecule has 0 aliphatic heterocycles. The zero-order chi connectivity index (χ0) is 21.7. The SMILES string of the molecule is CCOc1ncc(-c2ccc(NC(=O)Cc3ccccc3Cl)cc2S(N)(=O)=O)cn1. The van der Waals surface area contributed by atoms with Gasteiger partial charge in [-0.25, -0.2) is 23.5 Å². The predicted molar refractivity (Wildman–Crippen MR) is 114 cm³/mol.